The molecular formula is C20H22F2N2O. The maximum absolute atomic E-state index is 13.6. The number of rotatable bonds is 7. The van der Waals surface area contributed by atoms with E-state index >= 15 is 0 Å². The second-order valence-corrected chi connectivity index (χ2v) is 6.14. The first-order valence-corrected chi connectivity index (χ1v) is 8.00. The van der Waals surface area contributed by atoms with Gasteiger partial charge in [0.2, 0.25) is 0 Å². The Hall–Kier alpha value is -2.53. The SMILES string of the molecule is CN(C)CCN(C)c1ccc(C(=O)C=Cc2cc(F)ccc2F)cc1. The van der Waals surface area contributed by atoms with Crippen LogP contribution in [0.1, 0.15) is 15.9 Å². The van der Waals surface area contributed by atoms with Crippen molar-refractivity contribution in [3.05, 3.63) is 71.3 Å². The number of carbonyl (C=O) groups excluding carboxylic acids is 1. The summed E-state index contributed by atoms with van der Waals surface area (Å²) < 4.78 is 26.7. The predicted octanol–water partition coefficient (Wildman–Crippen LogP) is 3.86. The van der Waals surface area contributed by atoms with Crippen LogP contribution in [0, 0.1) is 11.6 Å². The van der Waals surface area contributed by atoms with Crippen LogP contribution in [-0.4, -0.2) is 44.9 Å². The molecule has 25 heavy (non-hydrogen) atoms. The summed E-state index contributed by atoms with van der Waals surface area (Å²) in [7, 11) is 6.03. The lowest BCUT2D eigenvalue weighted by Gasteiger charge is -2.21. The third kappa shape index (κ3) is 5.50. The Morgan fingerprint density at radius 2 is 1.68 bits per heavy atom. The van der Waals surface area contributed by atoms with Crippen molar-refractivity contribution < 1.29 is 13.6 Å². The van der Waals surface area contributed by atoms with Crippen LogP contribution >= 0.6 is 0 Å². The van der Waals surface area contributed by atoms with Gasteiger partial charge in [0.05, 0.1) is 0 Å². The lowest BCUT2D eigenvalue weighted by Crippen LogP contribution is -2.28. The van der Waals surface area contributed by atoms with Crippen molar-refractivity contribution in [1.29, 1.82) is 0 Å². The smallest absolute Gasteiger partial charge is 0.185 e. The number of allylic oxidation sites excluding steroid dienone is 1. The van der Waals surface area contributed by atoms with Gasteiger partial charge in [0, 0.05) is 37.0 Å². The van der Waals surface area contributed by atoms with Crippen molar-refractivity contribution in [1.82, 2.24) is 4.90 Å². The molecule has 0 radical (unpaired) electrons. The molecule has 2 aromatic rings. The fraction of sp³-hybridized carbons (Fsp3) is 0.250. The minimum atomic E-state index is -0.566. The molecule has 0 aliphatic heterocycles. The first-order chi connectivity index (χ1) is 11.9. The number of nitrogens with zero attached hydrogens (tertiary/aromatic N) is 2. The van der Waals surface area contributed by atoms with Crippen molar-refractivity contribution in [3.63, 3.8) is 0 Å². The average molecular weight is 344 g/mol. The second kappa shape index (κ2) is 8.53. The van der Waals surface area contributed by atoms with E-state index in [1.165, 1.54) is 12.2 Å². The number of carbonyl (C=O) groups is 1. The summed E-state index contributed by atoms with van der Waals surface area (Å²) in [5.74, 6) is -1.37. The third-order valence-corrected chi connectivity index (χ3v) is 3.85. The predicted molar refractivity (Wildman–Crippen MR) is 98.0 cm³/mol. The monoisotopic (exact) mass is 344 g/mol. The van der Waals surface area contributed by atoms with E-state index in [0.29, 0.717) is 5.56 Å². The fourth-order valence-corrected chi connectivity index (χ4v) is 2.26. The summed E-state index contributed by atoms with van der Waals surface area (Å²) in [5, 5.41) is 0. The Labute approximate surface area is 147 Å². The van der Waals surface area contributed by atoms with Gasteiger partial charge < -0.3 is 9.80 Å². The molecule has 5 heteroatoms. The van der Waals surface area contributed by atoms with Gasteiger partial charge in [-0.25, -0.2) is 8.78 Å². The lowest BCUT2D eigenvalue weighted by molar-refractivity contribution is 0.104. The molecule has 0 saturated heterocycles. The van der Waals surface area contributed by atoms with Gasteiger partial charge in [0.15, 0.2) is 5.78 Å². The maximum Gasteiger partial charge on any atom is 0.185 e. The van der Waals surface area contributed by atoms with Gasteiger partial charge in [-0.15, -0.1) is 0 Å². The molecule has 0 aliphatic carbocycles. The maximum atomic E-state index is 13.6. The molecule has 0 saturated carbocycles. The van der Waals surface area contributed by atoms with Gasteiger partial charge in [0.1, 0.15) is 11.6 Å². The van der Waals surface area contributed by atoms with Crippen molar-refractivity contribution in [2.75, 3.05) is 39.1 Å². The van der Waals surface area contributed by atoms with Crippen LogP contribution in [0.2, 0.25) is 0 Å². The van der Waals surface area contributed by atoms with E-state index < -0.39 is 11.6 Å². The van der Waals surface area contributed by atoms with E-state index in [9.17, 15) is 13.6 Å². The molecular weight excluding hydrogens is 322 g/mol. The van der Waals surface area contributed by atoms with E-state index in [4.69, 9.17) is 0 Å². The summed E-state index contributed by atoms with van der Waals surface area (Å²) in [4.78, 5) is 16.4. The highest BCUT2D eigenvalue weighted by atomic mass is 19.1. The molecule has 0 atom stereocenters. The highest BCUT2D eigenvalue weighted by molar-refractivity contribution is 6.07. The van der Waals surface area contributed by atoms with Gasteiger partial charge in [-0.1, -0.05) is 0 Å². The zero-order valence-corrected chi connectivity index (χ0v) is 14.7. The first kappa shape index (κ1) is 18.8. The van der Waals surface area contributed by atoms with Crippen LogP contribution < -0.4 is 4.90 Å². The highest BCUT2D eigenvalue weighted by Crippen LogP contribution is 2.16. The molecule has 0 bridgehead atoms. The average Bonchev–Trinajstić information content (AvgIpc) is 2.60. The third-order valence-electron chi connectivity index (χ3n) is 3.85. The Balaban J connectivity index is 2.05. The van der Waals surface area contributed by atoms with Gasteiger partial charge in [-0.3, -0.25) is 4.79 Å². The zero-order chi connectivity index (χ0) is 18.4. The standard InChI is InChI=1S/C20H22F2N2O/c1-23(2)12-13-24(3)18-8-4-15(5-9-18)20(25)11-6-16-14-17(21)7-10-19(16)22/h4-11,14H,12-13H2,1-3H3. The summed E-state index contributed by atoms with van der Waals surface area (Å²) in [6.45, 7) is 1.80. The molecule has 0 N–H and O–H groups in total. The molecule has 0 fully saturated rings. The van der Waals surface area contributed by atoms with Gasteiger partial charge in [-0.2, -0.15) is 0 Å². The number of hydrogen-bond donors (Lipinski definition) is 0. The van der Waals surface area contributed by atoms with Crippen LogP contribution in [0.5, 0.6) is 0 Å². The van der Waals surface area contributed by atoms with E-state index in [2.05, 4.69) is 9.80 Å². The second-order valence-electron chi connectivity index (χ2n) is 6.14. The molecule has 3 nitrogen and oxygen atoms in total. The minimum absolute atomic E-state index is 0.0494. The number of hydrogen-bond acceptors (Lipinski definition) is 3. The van der Waals surface area contributed by atoms with E-state index in [1.54, 1.807) is 12.1 Å². The van der Waals surface area contributed by atoms with E-state index in [-0.39, 0.29) is 11.3 Å². The Morgan fingerprint density at radius 3 is 2.32 bits per heavy atom. The normalized spacial score (nSPS) is 11.3. The lowest BCUT2D eigenvalue weighted by atomic mass is 10.1. The Kier molecular flexibility index (Phi) is 6.42. The topological polar surface area (TPSA) is 23.6 Å². The number of likely N-dealkylation sites (N-methyl/N-ethyl adjacent to an activating group) is 2. The number of anilines is 1. The molecule has 132 valence electrons. The summed E-state index contributed by atoms with van der Waals surface area (Å²) in [5.41, 5.74) is 1.56. The number of benzene rings is 2. The first-order valence-electron chi connectivity index (χ1n) is 8.00. The van der Waals surface area contributed by atoms with Crippen LogP contribution in [0.4, 0.5) is 14.5 Å². The van der Waals surface area contributed by atoms with Crippen molar-refractivity contribution in [2.24, 2.45) is 0 Å². The Morgan fingerprint density at radius 1 is 1.00 bits per heavy atom. The molecule has 2 aromatic carbocycles. The quantitative estimate of drug-likeness (QED) is 0.563. The summed E-state index contributed by atoms with van der Waals surface area (Å²) in [6.07, 6.45) is 2.54. The zero-order valence-electron chi connectivity index (χ0n) is 14.7. The van der Waals surface area contributed by atoms with Crippen molar-refractivity contribution >= 4 is 17.5 Å². The molecule has 0 spiro atoms. The van der Waals surface area contributed by atoms with Gasteiger partial charge in [0.25, 0.3) is 0 Å². The van der Waals surface area contributed by atoms with Crippen LogP contribution in [0.25, 0.3) is 6.08 Å². The minimum Gasteiger partial charge on any atom is -0.373 e. The number of ketones is 1. The number of halogens is 2. The fourth-order valence-electron chi connectivity index (χ4n) is 2.26. The van der Waals surface area contributed by atoms with Crippen LogP contribution in [-0.2, 0) is 0 Å². The largest absolute Gasteiger partial charge is 0.373 e. The molecule has 0 aromatic heterocycles. The molecule has 0 heterocycles. The van der Waals surface area contributed by atoms with Crippen molar-refractivity contribution in [2.45, 2.75) is 0 Å². The molecule has 0 amide bonds. The van der Waals surface area contributed by atoms with E-state index in [0.717, 1.165) is 37.0 Å². The van der Waals surface area contributed by atoms with Gasteiger partial charge in [-0.05, 0) is 68.7 Å². The highest BCUT2D eigenvalue weighted by Gasteiger charge is 2.06. The Bertz CT molecular complexity index is 755. The summed E-state index contributed by atoms with van der Waals surface area (Å²) in [6, 6.07) is 10.4. The van der Waals surface area contributed by atoms with Crippen LogP contribution in [0.15, 0.2) is 48.5 Å². The molecule has 0 aliphatic rings. The van der Waals surface area contributed by atoms with Crippen LogP contribution in [0.3, 0.4) is 0 Å². The molecule has 0 unspecified atom stereocenters. The summed E-state index contributed by atoms with van der Waals surface area (Å²) >= 11 is 0. The van der Waals surface area contributed by atoms with Gasteiger partial charge >= 0.3 is 0 Å². The molecule has 2 rings (SSSR count). The van der Waals surface area contributed by atoms with E-state index in [1.807, 2.05) is 33.3 Å². The van der Waals surface area contributed by atoms with Crippen molar-refractivity contribution in [3.8, 4) is 0 Å².